The Kier molecular flexibility index (Phi) is 5.27. The molecule has 0 saturated carbocycles. The lowest BCUT2D eigenvalue weighted by Gasteiger charge is -2.18. The van der Waals surface area contributed by atoms with Crippen LogP contribution in [0.2, 0.25) is 5.15 Å². The van der Waals surface area contributed by atoms with Gasteiger partial charge < -0.3 is 19.8 Å². The Morgan fingerprint density at radius 1 is 1.40 bits per heavy atom. The van der Waals surface area contributed by atoms with Crippen LogP contribution < -0.4 is 15.4 Å². The normalized spacial score (nSPS) is 19.0. The van der Waals surface area contributed by atoms with Gasteiger partial charge in [0.25, 0.3) is 6.43 Å². The Bertz CT molecular complexity index is 1010. The number of fused-ring (bicyclic) bond motifs is 3. The molecule has 1 fully saturated rings. The standard InChI is InChI=1S/C19H19ClF2N4O4/c1-9(16(23)27)6-10-2-3-11-13(7-10)29-5-4-25-14(20)18(24-17(11)25)26-12(15(21)22)8-30-19(26)28/h2-3,7,9,12,15H,4-6,8H2,1H3,(H2,23,27)/t9-,12+/m1/s1. The minimum atomic E-state index is -2.81. The predicted molar refractivity (Wildman–Crippen MR) is 104 cm³/mol. The first kappa shape index (κ1) is 20.4. The van der Waals surface area contributed by atoms with Crippen LogP contribution in [0.1, 0.15) is 12.5 Å². The van der Waals surface area contributed by atoms with Crippen LogP contribution in [0.4, 0.5) is 19.4 Å². The van der Waals surface area contributed by atoms with Gasteiger partial charge in [0.15, 0.2) is 11.0 Å². The summed E-state index contributed by atoms with van der Waals surface area (Å²) in [5.74, 6) is 0.0993. The van der Waals surface area contributed by atoms with Gasteiger partial charge in [-0.2, -0.15) is 0 Å². The van der Waals surface area contributed by atoms with E-state index < -0.39 is 31.1 Å². The average Bonchev–Trinajstić information content (AvgIpc) is 3.16. The van der Waals surface area contributed by atoms with Crippen LogP contribution in [0.3, 0.4) is 0 Å². The molecule has 3 heterocycles. The van der Waals surface area contributed by atoms with Gasteiger partial charge in [-0.1, -0.05) is 24.6 Å². The number of halogens is 3. The Morgan fingerprint density at radius 3 is 2.87 bits per heavy atom. The molecule has 1 saturated heterocycles. The SMILES string of the molecule is C[C@H](Cc1ccc2c(c1)OCCn1c-2nc(N2C(=O)OC[C@H]2C(F)F)c1Cl)C(N)=O. The molecule has 8 nitrogen and oxygen atoms in total. The quantitative estimate of drug-likeness (QED) is 0.770. The fourth-order valence-corrected chi connectivity index (χ4v) is 3.85. The Morgan fingerprint density at radius 2 is 2.17 bits per heavy atom. The summed E-state index contributed by atoms with van der Waals surface area (Å²) in [6, 6.07) is 3.91. The van der Waals surface area contributed by atoms with Crippen LogP contribution in [-0.4, -0.2) is 47.2 Å². The molecule has 1 aromatic heterocycles. The molecule has 2 aliphatic rings. The second-order valence-corrected chi connectivity index (χ2v) is 7.59. The van der Waals surface area contributed by atoms with Crippen LogP contribution in [0.25, 0.3) is 11.4 Å². The molecule has 0 unspecified atom stereocenters. The highest BCUT2D eigenvalue weighted by molar-refractivity contribution is 6.32. The number of amides is 2. The molecule has 0 spiro atoms. The van der Waals surface area contributed by atoms with Crippen LogP contribution in [-0.2, 0) is 22.5 Å². The minimum absolute atomic E-state index is 0.0531. The summed E-state index contributed by atoms with van der Waals surface area (Å²) in [6.07, 6.45) is -3.27. The number of imidazole rings is 1. The molecule has 160 valence electrons. The van der Waals surface area contributed by atoms with Gasteiger partial charge in [0, 0.05) is 5.92 Å². The third-order valence-electron chi connectivity index (χ3n) is 5.20. The molecular weight excluding hydrogens is 422 g/mol. The zero-order valence-electron chi connectivity index (χ0n) is 16.0. The average molecular weight is 441 g/mol. The topological polar surface area (TPSA) is 99.7 Å². The maximum absolute atomic E-state index is 13.4. The predicted octanol–water partition coefficient (Wildman–Crippen LogP) is 2.85. The van der Waals surface area contributed by atoms with Crippen molar-refractivity contribution in [3.8, 4) is 17.1 Å². The van der Waals surface area contributed by atoms with Crippen molar-refractivity contribution in [1.82, 2.24) is 9.55 Å². The molecule has 2 amide bonds. The number of carbonyl (C=O) groups is 2. The molecule has 1 aromatic carbocycles. The van der Waals surface area contributed by atoms with E-state index in [1.54, 1.807) is 23.6 Å². The number of cyclic esters (lactones) is 1. The van der Waals surface area contributed by atoms with Gasteiger partial charge in [-0.3, -0.25) is 4.79 Å². The third-order valence-corrected chi connectivity index (χ3v) is 5.57. The van der Waals surface area contributed by atoms with E-state index in [9.17, 15) is 18.4 Å². The van der Waals surface area contributed by atoms with E-state index in [0.717, 1.165) is 10.5 Å². The van der Waals surface area contributed by atoms with Crippen molar-refractivity contribution in [2.75, 3.05) is 18.1 Å². The highest BCUT2D eigenvalue weighted by Gasteiger charge is 2.43. The number of ether oxygens (including phenoxy) is 2. The van der Waals surface area contributed by atoms with Gasteiger partial charge >= 0.3 is 6.09 Å². The minimum Gasteiger partial charge on any atom is -0.491 e. The number of primary amides is 1. The largest absolute Gasteiger partial charge is 0.491 e. The number of carbonyl (C=O) groups excluding carboxylic acids is 2. The summed E-state index contributed by atoms with van der Waals surface area (Å²) in [5.41, 5.74) is 6.79. The van der Waals surface area contributed by atoms with E-state index in [0.29, 0.717) is 30.1 Å². The smallest absolute Gasteiger partial charge is 0.416 e. The number of benzene rings is 1. The Hall–Kier alpha value is -2.88. The van der Waals surface area contributed by atoms with Crippen LogP contribution in [0.5, 0.6) is 5.75 Å². The lowest BCUT2D eigenvalue weighted by atomic mass is 9.99. The van der Waals surface area contributed by atoms with Gasteiger partial charge in [-0.25, -0.2) is 23.5 Å². The Labute approximate surface area is 175 Å². The number of rotatable bonds is 5. The zero-order chi connectivity index (χ0) is 21.6. The number of aromatic nitrogens is 2. The lowest BCUT2D eigenvalue weighted by Crippen LogP contribution is -2.39. The van der Waals surface area contributed by atoms with E-state index >= 15 is 0 Å². The van der Waals surface area contributed by atoms with Crippen molar-refractivity contribution in [3.05, 3.63) is 28.9 Å². The number of alkyl halides is 2. The molecule has 0 radical (unpaired) electrons. The monoisotopic (exact) mass is 440 g/mol. The van der Waals surface area contributed by atoms with E-state index in [-0.39, 0.29) is 23.5 Å². The zero-order valence-corrected chi connectivity index (χ0v) is 16.7. The molecule has 2 atom stereocenters. The fourth-order valence-electron chi connectivity index (χ4n) is 3.55. The second kappa shape index (κ2) is 7.75. The molecule has 2 aliphatic heterocycles. The number of hydrogen-bond donors (Lipinski definition) is 1. The van der Waals surface area contributed by atoms with Gasteiger partial charge in [-0.15, -0.1) is 0 Å². The van der Waals surface area contributed by atoms with Crippen molar-refractivity contribution >= 4 is 29.4 Å². The van der Waals surface area contributed by atoms with E-state index in [2.05, 4.69) is 4.98 Å². The van der Waals surface area contributed by atoms with Gasteiger partial charge in [0.1, 0.15) is 30.8 Å². The summed E-state index contributed by atoms with van der Waals surface area (Å²) < 4.78 is 38.9. The van der Waals surface area contributed by atoms with Crippen molar-refractivity contribution in [3.63, 3.8) is 0 Å². The molecule has 0 bridgehead atoms. The summed E-state index contributed by atoms with van der Waals surface area (Å²) in [5, 5.41) is 0.0531. The molecule has 11 heteroatoms. The van der Waals surface area contributed by atoms with Crippen LogP contribution in [0, 0.1) is 5.92 Å². The third kappa shape index (κ3) is 3.45. The fraction of sp³-hybridized carbons (Fsp3) is 0.421. The van der Waals surface area contributed by atoms with E-state index in [1.165, 1.54) is 0 Å². The van der Waals surface area contributed by atoms with Gasteiger partial charge in [0.2, 0.25) is 5.91 Å². The maximum atomic E-state index is 13.4. The first-order valence-corrected chi connectivity index (χ1v) is 9.71. The van der Waals surface area contributed by atoms with Crippen LogP contribution in [0.15, 0.2) is 18.2 Å². The Balaban J connectivity index is 1.74. The lowest BCUT2D eigenvalue weighted by molar-refractivity contribution is -0.121. The molecule has 2 aromatic rings. The first-order valence-electron chi connectivity index (χ1n) is 9.33. The molecular formula is C19H19ClF2N4O4. The first-order chi connectivity index (χ1) is 14.3. The summed E-state index contributed by atoms with van der Waals surface area (Å²) >= 11 is 6.43. The van der Waals surface area contributed by atoms with Crippen molar-refractivity contribution in [1.29, 1.82) is 0 Å². The number of nitrogens with zero attached hydrogens (tertiary/aromatic N) is 3. The summed E-state index contributed by atoms with van der Waals surface area (Å²) in [7, 11) is 0. The maximum Gasteiger partial charge on any atom is 0.416 e. The molecule has 0 aliphatic carbocycles. The second-order valence-electron chi connectivity index (χ2n) is 7.24. The van der Waals surface area contributed by atoms with Crippen molar-refractivity contribution in [2.24, 2.45) is 11.7 Å². The number of hydrogen-bond acceptors (Lipinski definition) is 5. The highest BCUT2D eigenvalue weighted by atomic mass is 35.5. The summed E-state index contributed by atoms with van der Waals surface area (Å²) in [6.45, 7) is 1.87. The van der Waals surface area contributed by atoms with Crippen LogP contribution >= 0.6 is 11.6 Å². The molecule has 2 N–H and O–H groups in total. The molecule has 4 rings (SSSR count). The number of anilines is 1. The van der Waals surface area contributed by atoms with E-state index in [1.807, 2.05) is 6.07 Å². The van der Waals surface area contributed by atoms with E-state index in [4.69, 9.17) is 26.8 Å². The molecule has 30 heavy (non-hydrogen) atoms. The number of nitrogens with two attached hydrogens (primary N) is 1. The summed E-state index contributed by atoms with van der Waals surface area (Å²) in [4.78, 5) is 28.6. The van der Waals surface area contributed by atoms with Crippen molar-refractivity contribution < 1.29 is 27.8 Å². The van der Waals surface area contributed by atoms with Gasteiger partial charge in [0.05, 0.1) is 12.1 Å². The highest BCUT2D eigenvalue weighted by Crippen LogP contribution is 2.40. The van der Waals surface area contributed by atoms with Gasteiger partial charge in [-0.05, 0) is 24.1 Å². The van der Waals surface area contributed by atoms with Crippen molar-refractivity contribution in [2.45, 2.75) is 32.4 Å².